The molecule has 5 N–H and O–H groups in total. The number of hydrogen-bond donors (Lipinski definition) is 4. The van der Waals surface area contributed by atoms with Crippen molar-refractivity contribution in [2.75, 3.05) is 13.7 Å². The van der Waals surface area contributed by atoms with Crippen molar-refractivity contribution < 1.29 is 15.1 Å². The first-order valence-corrected chi connectivity index (χ1v) is 6.52. The molecule has 0 spiro atoms. The SMILES string of the molecule is COc1ccc(/C(N)=N/O)cc1CNC(C)C(C)CO. The first-order chi connectivity index (χ1) is 9.53. The van der Waals surface area contributed by atoms with Gasteiger partial charge >= 0.3 is 0 Å². The van der Waals surface area contributed by atoms with Crippen LogP contribution in [0.15, 0.2) is 23.4 Å². The number of aliphatic hydroxyl groups excluding tert-OH is 1. The predicted molar refractivity (Wildman–Crippen MR) is 78.1 cm³/mol. The van der Waals surface area contributed by atoms with Crippen molar-refractivity contribution >= 4 is 5.84 Å². The number of hydrogen-bond acceptors (Lipinski definition) is 5. The molecule has 0 saturated carbocycles. The van der Waals surface area contributed by atoms with E-state index in [4.69, 9.17) is 20.8 Å². The van der Waals surface area contributed by atoms with Crippen molar-refractivity contribution in [1.82, 2.24) is 5.32 Å². The van der Waals surface area contributed by atoms with Crippen LogP contribution in [-0.4, -0.2) is 35.9 Å². The predicted octanol–water partition coefficient (Wildman–Crippen LogP) is 0.896. The number of nitrogens with zero attached hydrogens (tertiary/aromatic N) is 1. The number of amidine groups is 1. The maximum Gasteiger partial charge on any atom is 0.170 e. The topological polar surface area (TPSA) is 100 Å². The zero-order chi connectivity index (χ0) is 15.1. The Balaban J connectivity index is 2.86. The maximum atomic E-state index is 9.13. The van der Waals surface area contributed by atoms with Gasteiger partial charge in [0.2, 0.25) is 0 Å². The summed E-state index contributed by atoms with van der Waals surface area (Å²) >= 11 is 0. The van der Waals surface area contributed by atoms with E-state index in [0.717, 1.165) is 11.3 Å². The van der Waals surface area contributed by atoms with Gasteiger partial charge in [0.1, 0.15) is 5.75 Å². The fourth-order valence-corrected chi connectivity index (χ4v) is 1.76. The van der Waals surface area contributed by atoms with Gasteiger partial charge in [-0.25, -0.2) is 0 Å². The Bertz CT molecular complexity index is 463. The molecule has 2 atom stereocenters. The average Bonchev–Trinajstić information content (AvgIpc) is 2.50. The lowest BCUT2D eigenvalue weighted by molar-refractivity contribution is 0.206. The third kappa shape index (κ3) is 4.11. The summed E-state index contributed by atoms with van der Waals surface area (Å²) in [4.78, 5) is 0. The van der Waals surface area contributed by atoms with Crippen molar-refractivity contribution in [3.63, 3.8) is 0 Å². The maximum absolute atomic E-state index is 9.13. The summed E-state index contributed by atoms with van der Waals surface area (Å²) in [6.45, 7) is 4.69. The van der Waals surface area contributed by atoms with E-state index >= 15 is 0 Å². The van der Waals surface area contributed by atoms with Gasteiger partial charge in [0, 0.05) is 30.3 Å². The van der Waals surface area contributed by atoms with Crippen LogP contribution >= 0.6 is 0 Å². The molecule has 0 bridgehead atoms. The molecule has 2 unspecified atom stereocenters. The summed E-state index contributed by atoms with van der Waals surface area (Å²) < 4.78 is 5.30. The van der Waals surface area contributed by atoms with Crippen LogP contribution < -0.4 is 15.8 Å². The minimum Gasteiger partial charge on any atom is -0.496 e. The van der Waals surface area contributed by atoms with Crippen molar-refractivity contribution in [2.24, 2.45) is 16.8 Å². The lowest BCUT2D eigenvalue weighted by Crippen LogP contribution is -2.33. The van der Waals surface area contributed by atoms with E-state index in [1.807, 2.05) is 19.9 Å². The largest absolute Gasteiger partial charge is 0.496 e. The number of oxime groups is 1. The Hall–Kier alpha value is -1.79. The summed E-state index contributed by atoms with van der Waals surface area (Å²) in [7, 11) is 1.60. The van der Waals surface area contributed by atoms with Gasteiger partial charge in [-0.2, -0.15) is 0 Å². The second-order valence-corrected chi connectivity index (χ2v) is 4.84. The number of methoxy groups -OCH3 is 1. The normalized spacial score (nSPS) is 14.9. The Morgan fingerprint density at radius 1 is 1.45 bits per heavy atom. The van der Waals surface area contributed by atoms with E-state index in [-0.39, 0.29) is 24.4 Å². The molecular weight excluding hydrogens is 258 g/mol. The molecule has 0 aliphatic heterocycles. The molecule has 0 saturated heterocycles. The van der Waals surface area contributed by atoms with Gasteiger partial charge in [-0.3, -0.25) is 0 Å². The van der Waals surface area contributed by atoms with Gasteiger partial charge in [-0.05, 0) is 31.0 Å². The van der Waals surface area contributed by atoms with E-state index < -0.39 is 0 Å². The van der Waals surface area contributed by atoms with Crippen LogP contribution in [0.4, 0.5) is 0 Å². The Morgan fingerprint density at radius 2 is 2.15 bits per heavy atom. The van der Waals surface area contributed by atoms with Crippen LogP contribution in [0.5, 0.6) is 5.75 Å². The van der Waals surface area contributed by atoms with Gasteiger partial charge in [0.25, 0.3) is 0 Å². The molecule has 0 radical (unpaired) electrons. The molecule has 112 valence electrons. The number of ether oxygens (including phenoxy) is 1. The number of benzene rings is 1. The molecule has 1 aromatic rings. The number of nitrogens with two attached hydrogens (primary N) is 1. The van der Waals surface area contributed by atoms with E-state index in [9.17, 15) is 0 Å². The van der Waals surface area contributed by atoms with E-state index in [1.54, 1.807) is 19.2 Å². The zero-order valence-electron chi connectivity index (χ0n) is 12.1. The minimum absolute atomic E-state index is 0.0608. The Kier molecular flexibility index (Phi) is 6.27. The molecular formula is C14H23N3O3. The molecule has 0 heterocycles. The highest BCUT2D eigenvalue weighted by Crippen LogP contribution is 2.20. The minimum atomic E-state index is 0.0608. The van der Waals surface area contributed by atoms with Gasteiger partial charge in [0.05, 0.1) is 7.11 Å². The lowest BCUT2D eigenvalue weighted by Gasteiger charge is -2.20. The highest BCUT2D eigenvalue weighted by molar-refractivity contribution is 5.97. The second-order valence-electron chi connectivity index (χ2n) is 4.84. The number of rotatable bonds is 7. The number of aliphatic hydroxyl groups is 1. The van der Waals surface area contributed by atoms with Crippen molar-refractivity contribution in [1.29, 1.82) is 0 Å². The van der Waals surface area contributed by atoms with Crippen LogP contribution in [-0.2, 0) is 6.54 Å². The van der Waals surface area contributed by atoms with Crippen molar-refractivity contribution in [3.05, 3.63) is 29.3 Å². The van der Waals surface area contributed by atoms with E-state index in [1.165, 1.54) is 0 Å². The zero-order valence-corrected chi connectivity index (χ0v) is 12.1. The average molecular weight is 281 g/mol. The summed E-state index contributed by atoms with van der Waals surface area (Å²) in [6.07, 6.45) is 0. The molecule has 20 heavy (non-hydrogen) atoms. The van der Waals surface area contributed by atoms with Gasteiger partial charge in [-0.1, -0.05) is 12.1 Å². The fourth-order valence-electron chi connectivity index (χ4n) is 1.76. The van der Waals surface area contributed by atoms with Crippen LogP contribution in [0.1, 0.15) is 25.0 Å². The quantitative estimate of drug-likeness (QED) is 0.257. The first kappa shape index (κ1) is 16.3. The van der Waals surface area contributed by atoms with Gasteiger partial charge < -0.3 is 26.1 Å². The smallest absolute Gasteiger partial charge is 0.170 e. The fraction of sp³-hybridized carbons (Fsp3) is 0.500. The molecule has 0 fully saturated rings. The monoisotopic (exact) mass is 281 g/mol. The molecule has 1 rings (SSSR count). The molecule has 0 aliphatic carbocycles. The molecule has 6 nitrogen and oxygen atoms in total. The van der Waals surface area contributed by atoms with Gasteiger partial charge in [-0.15, -0.1) is 0 Å². The van der Waals surface area contributed by atoms with Crippen molar-refractivity contribution in [3.8, 4) is 5.75 Å². The first-order valence-electron chi connectivity index (χ1n) is 6.52. The highest BCUT2D eigenvalue weighted by Gasteiger charge is 2.12. The molecule has 0 aliphatic rings. The van der Waals surface area contributed by atoms with Crippen LogP contribution in [0, 0.1) is 5.92 Å². The standard InChI is InChI=1S/C14H23N3O3/c1-9(8-18)10(2)16-7-12-6-11(14(15)17-19)4-5-13(12)20-3/h4-6,9-10,16,18-19H,7-8H2,1-3H3,(H2,15,17). The van der Waals surface area contributed by atoms with Crippen molar-refractivity contribution in [2.45, 2.75) is 26.4 Å². The van der Waals surface area contributed by atoms with Crippen LogP contribution in [0.3, 0.4) is 0 Å². The molecule has 0 aromatic heterocycles. The van der Waals surface area contributed by atoms with Gasteiger partial charge in [0.15, 0.2) is 5.84 Å². The van der Waals surface area contributed by atoms with E-state index in [0.29, 0.717) is 12.1 Å². The molecule has 6 heteroatoms. The Labute approximate surface area is 119 Å². The summed E-state index contributed by atoms with van der Waals surface area (Å²) in [5, 5.41) is 24.2. The highest BCUT2D eigenvalue weighted by atomic mass is 16.5. The molecule has 0 amide bonds. The number of nitrogens with one attached hydrogen (secondary N) is 1. The second kappa shape index (κ2) is 7.72. The summed E-state index contributed by atoms with van der Waals surface area (Å²) in [5.74, 6) is 0.953. The molecule has 1 aromatic carbocycles. The third-order valence-electron chi connectivity index (χ3n) is 3.44. The van der Waals surface area contributed by atoms with E-state index in [2.05, 4.69) is 10.5 Å². The summed E-state index contributed by atoms with van der Waals surface area (Å²) in [6, 6.07) is 5.50. The lowest BCUT2D eigenvalue weighted by atomic mass is 10.0. The summed E-state index contributed by atoms with van der Waals surface area (Å²) in [5.41, 5.74) is 7.13. The Morgan fingerprint density at radius 3 is 2.70 bits per heavy atom. The van der Waals surface area contributed by atoms with Crippen LogP contribution in [0.2, 0.25) is 0 Å². The van der Waals surface area contributed by atoms with Crippen LogP contribution in [0.25, 0.3) is 0 Å². The third-order valence-corrected chi connectivity index (χ3v) is 3.44.